The molecule has 2 aromatic heterocycles. The van der Waals surface area contributed by atoms with Crippen LogP contribution in [-0.2, 0) is 24.6 Å². The van der Waals surface area contributed by atoms with Gasteiger partial charge in [0.15, 0.2) is 12.4 Å². The average molecular weight is 465 g/mol. The molecular formula is C23H30NO5S2+. The number of ether oxygens (including phenoxy) is 3. The van der Waals surface area contributed by atoms with Crippen LogP contribution in [0.3, 0.4) is 0 Å². The van der Waals surface area contributed by atoms with E-state index in [1.54, 1.807) is 0 Å². The third-order valence-corrected chi connectivity index (χ3v) is 9.07. The van der Waals surface area contributed by atoms with Crippen molar-refractivity contribution in [3.8, 4) is 0 Å². The molecule has 0 spiro atoms. The van der Waals surface area contributed by atoms with Gasteiger partial charge in [-0.05, 0) is 22.9 Å². The number of rotatable bonds is 8. The second kappa shape index (κ2) is 8.92. The minimum absolute atomic E-state index is 0.0549. The lowest BCUT2D eigenvalue weighted by atomic mass is 9.83. The predicted molar refractivity (Wildman–Crippen MR) is 119 cm³/mol. The maximum Gasteiger partial charge on any atom is 0.349 e. The van der Waals surface area contributed by atoms with E-state index in [1.807, 2.05) is 35.0 Å². The summed E-state index contributed by atoms with van der Waals surface area (Å²) >= 11 is 2.77. The summed E-state index contributed by atoms with van der Waals surface area (Å²) < 4.78 is 18.3. The summed E-state index contributed by atoms with van der Waals surface area (Å²) in [5, 5.41) is 15.3. The van der Waals surface area contributed by atoms with Gasteiger partial charge in [-0.15, -0.1) is 22.7 Å². The monoisotopic (exact) mass is 464 g/mol. The van der Waals surface area contributed by atoms with Crippen molar-refractivity contribution in [2.75, 3.05) is 39.4 Å². The fourth-order valence-electron chi connectivity index (χ4n) is 5.35. The zero-order chi connectivity index (χ0) is 21.3. The van der Waals surface area contributed by atoms with Gasteiger partial charge in [-0.3, -0.25) is 0 Å². The fraction of sp³-hybridized carbons (Fsp3) is 0.609. The molecule has 2 aromatic rings. The van der Waals surface area contributed by atoms with E-state index in [9.17, 15) is 9.90 Å². The molecule has 0 unspecified atom stereocenters. The van der Waals surface area contributed by atoms with Crippen LogP contribution in [0.1, 0.15) is 35.4 Å². The predicted octanol–water partition coefficient (Wildman–Crippen LogP) is 3.35. The summed E-state index contributed by atoms with van der Waals surface area (Å²) in [5.41, 5.74) is -1.73. The van der Waals surface area contributed by atoms with Gasteiger partial charge >= 0.3 is 5.97 Å². The van der Waals surface area contributed by atoms with Gasteiger partial charge < -0.3 is 23.8 Å². The van der Waals surface area contributed by atoms with Crippen LogP contribution in [0.4, 0.5) is 0 Å². The molecule has 4 fully saturated rings. The van der Waals surface area contributed by atoms with E-state index < -0.39 is 11.6 Å². The third-order valence-electron chi connectivity index (χ3n) is 7.11. The van der Waals surface area contributed by atoms with Crippen molar-refractivity contribution < 1.29 is 28.6 Å². The van der Waals surface area contributed by atoms with Crippen molar-refractivity contribution in [2.24, 2.45) is 5.92 Å². The molecule has 168 valence electrons. The van der Waals surface area contributed by atoms with E-state index in [-0.39, 0.29) is 12.4 Å². The molecule has 0 saturated carbocycles. The number of hydrogen-bond acceptors (Lipinski definition) is 7. The van der Waals surface area contributed by atoms with Crippen LogP contribution in [0.2, 0.25) is 0 Å². The van der Waals surface area contributed by atoms with Gasteiger partial charge in [0.25, 0.3) is 0 Å². The van der Waals surface area contributed by atoms with E-state index in [0.29, 0.717) is 28.9 Å². The zero-order valence-electron chi connectivity index (χ0n) is 17.6. The van der Waals surface area contributed by atoms with Crippen molar-refractivity contribution >= 4 is 28.6 Å². The molecule has 8 heteroatoms. The van der Waals surface area contributed by atoms with Crippen molar-refractivity contribution in [2.45, 2.75) is 43.7 Å². The van der Waals surface area contributed by atoms with Crippen LogP contribution >= 0.6 is 22.7 Å². The summed E-state index contributed by atoms with van der Waals surface area (Å²) in [6.45, 7) is 5.58. The molecule has 6 rings (SSSR count). The lowest BCUT2D eigenvalue weighted by molar-refractivity contribution is -0.946. The first-order valence-corrected chi connectivity index (χ1v) is 12.9. The number of nitrogens with zero attached hydrogens (tertiary/aromatic N) is 1. The van der Waals surface area contributed by atoms with Crippen molar-refractivity contribution in [1.82, 2.24) is 0 Å². The maximum atomic E-state index is 13.4. The first-order chi connectivity index (χ1) is 15.1. The second-order valence-electron chi connectivity index (χ2n) is 8.95. The topological polar surface area (TPSA) is 65.0 Å². The lowest BCUT2D eigenvalue weighted by Gasteiger charge is -2.52. The normalized spacial score (nSPS) is 28.8. The minimum Gasteiger partial charge on any atom is -0.453 e. The Morgan fingerprint density at radius 2 is 1.77 bits per heavy atom. The Labute approximate surface area is 190 Å². The minimum atomic E-state index is -1.73. The quantitative estimate of drug-likeness (QED) is 0.480. The van der Waals surface area contributed by atoms with E-state index in [0.717, 1.165) is 56.3 Å². The Kier molecular flexibility index (Phi) is 6.20. The SMILES string of the molecule is O=C(O[C@H]1C[N+]2(CCCC3OCCO3)CCC1CC2)C(O)(c1cccs1)c1cccs1. The summed E-state index contributed by atoms with van der Waals surface area (Å²) in [4.78, 5) is 14.6. The summed E-state index contributed by atoms with van der Waals surface area (Å²) in [6.07, 6.45) is 3.92. The molecule has 4 aliphatic rings. The van der Waals surface area contributed by atoms with Gasteiger partial charge in [-0.25, -0.2) is 4.79 Å². The zero-order valence-corrected chi connectivity index (χ0v) is 19.2. The van der Waals surface area contributed by atoms with E-state index in [1.165, 1.54) is 22.7 Å². The van der Waals surface area contributed by atoms with Gasteiger partial charge in [-0.2, -0.15) is 0 Å². The largest absolute Gasteiger partial charge is 0.453 e. The van der Waals surface area contributed by atoms with Crippen LogP contribution in [-0.4, -0.2) is 67.3 Å². The van der Waals surface area contributed by atoms with Crippen molar-refractivity contribution in [3.05, 3.63) is 44.8 Å². The Morgan fingerprint density at radius 3 is 2.35 bits per heavy atom. The van der Waals surface area contributed by atoms with E-state index in [2.05, 4.69) is 0 Å². The fourth-order valence-corrected chi connectivity index (χ4v) is 7.06. The standard InChI is InChI=1S/C23H30NO5S2/c25-22(23(26,19-4-2-14-30-19)20-5-3-15-31-20)29-18-16-24(10-7-17(18)8-11-24)9-1-6-21-27-12-13-28-21/h2-5,14-15,17-18,21,26H,1,6-13,16H2/q+1/t17?,18-,24?/m0/s1. The molecule has 0 radical (unpaired) electrons. The summed E-state index contributed by atoms with van der Waals surface area (Å²) in [7, 11) is 0. The Hall–Kier alpha value is -1.29. The van der Waals surface area contributed by atoms with Gasteiger partial charge in [0.05, 0.1) is 42.6 Å². The van der Waals surface area contributed by atoms with Gasteiger partial charge in [-0.1, -0.05) is 12.1 Å². The van der Waals surface area contributed by atoms with Crippen molar-refractivity contribution in [3.63, 3.8) is 0 Å². The van der Waals surface area contributed by atoms with Crippen molar-refractivity contribution in [1.29, 1.82) is 0 Å². The number of piperidine rings is 3. The van der Waals surface area contributed by atoms with E-state index in [4.69, 9.17) is 14.2 Å². The molecule has 4 saturated heterocycles. The summed E-state index contributed by atoms with van der Waals surface area (Å²) in [5.74, 6) is -0.150. The number of quaternary nitrogens is 1. The Bertz CT molecular complexity index is 820. The van der Waals surface area contributed by atoms with Crippen LogP contribution in [0, 0.1) is 5.92 Å². The molecular weight excluding hydrogens is 434 g/mol. The number of fused-ring (bicyclic) bond motifs is 3. The molecule has 0 amide bonds. The number of esters is 1. The number of carbonyl (C=O) groups excluding carboxylic acids is 1. The van der Waals surface area contributed by atoms with Gasteiger partial charge in [0.2, 0.25) is 5.60 Å². The van der Waals surface area contributed by atoms with Crippen LogP contribution in [0.15, 0.2) is 35.0 Å². The number of aliphatic hydroxyl groups is 1. The smallest absolute Gasteiger partial charge is 0.349 e. The number of hydrogen-bond donors (Lipinski definition) is 1. The third kappa shape index (κ3) is 4.21. The molecule has 6 nitrogen and oxygen atoms in total. The van der Waals surface area contributed by atoms with Crippen LogP contribution in [0.25, 0.3) is 0 Å². The molecule has 0 aliphatic carbocycles. The lowest BCUT2D eigenvalue weighted by Crippen LogP contribution is -2.65. The highest BCUT2D eigenvalue weighted by molar-refractivity contribution is 7.12. The molecule has 0 aromatic carbocycles. The first-order valence-electron chi connectivity index (χ1n) is 11.2. The average Bonchev–Trinajstić information content (AvgIpc) is 3.58. The molecule has 31 heavy (non-hydrogen) atoms. The van der Waals surface area contributed by atoms with Gasteiger partial charge in [0, 0.05) is 31.6 Å². The second-order valence-corrected chi connectivity index (χ2v) is 10.8. The highest BCUT2D eigenvalue weighted by Crippen LogP contribution is 2.40. The maximum absolute atomic E-state index is 13.4. The summed E-state index contributed by atoms with van der Waals surface area (Å²) in [6, 6.07) is 7.34. The number of carbonyl (C=O) groups is 1. The van der Waals surface area contributed by atoms with Crippen LogP contribution in [0.5, 0.6) is 0 Å². The molecule has 2 bridgehead atoms. The van der Waals surface area contributed by atoms with Crippen LogP contribution < -0.4 is 0 Å². The highest BCUT2D eigenvalue weighted by atomic mass is 32.1. The molecule has 4 aliphatic heterocycles. The van der Waals surface area contributed by atoms with E-state index >= 15 is 0 Å². The molecule has 6 heterocycles. The number of thiophene rings is 2. The first kappa shape index (κ1) is 21.6. The molecule has 1 N–H and O–H groups in total. The molecule has 1 atom stereocenters. The highest BCUT2D eigenvalue weighted by Gasteiger charge is 2.51. The Morgan fingerprint density at radius 1 is 1.13 bits per heavy atom. The van der Waals surface area contributed by atoms with Gasteiger partial charge in [0.1, 0.15) is 6.54 Å². The Balaban J connectivity index is 1.27.